The lowest BCUT2D eigenvalue weighted by molar-refractivity contribution is 0.504. The van der Waals surface area contributed by atoms with Crippen LogP contribution in [0.1, 0.15) is 149 Å². The first-order valence-electron chi connectivity index (χ1n) is 13.3. The second-order valence-corrected chi connectivity index (χ2v) is 10.4. The molecule has 0 bridgehead atoms. The molecule has 0 amide bonds. The molecule has 2 aliphatic rings. The maximum atomic E-state index is 2.42. The molecule has 160 valence electrons. The SMILES string of the molecule is CCCCCCCCCCCCCCC1CC1CCCCCCC1CC1C. The summed E-state index contributed by atoms with van der Waals surface area (Å²) in [4.78, 5) is 0. The van der Waals surface area contributed by atoms with Gasteiger partial charge >= 0.3 is 0 Å². The van der Waals surface area contributed by atoms with Crippen LogP contribution in [0.25, 0.3) is 0 Å². The summed E-state index contributed by atoms with van der Waals surface area (Å²) in [6.45, 7) is 4.73. The van der Waals surface area contributed by atoms with Crippen LogP contribution >= 0.6 is 0 Å². The molecule has 0 N–H and O–H groups in total. The third kappa shape index (κ3) is 12.2. The summed E-state index contributed by atoms with van der Waals surface area (Å²) >= 11 is 0. The number of hydrogen-bond acceptors (Lipinski definition) is 0. The van der Waals surface area contributed by atoms with E-state index in [-0.39, 0.29) is 0 Å². The Kier molecular flexibility index (Phi) is 12.9. The van der Waals surface area contributed by atoms with E-state index >= 15 is 0 Å². The number of hydrogen-bond donors (Lipinski definition) is 0. The first-order valence-corrected chi connectivity index (χ1v) is 13.3. The van der Waals surface area contributed by atoms with Crippen molar-refractivity contribution in [1.82, 2.24) is 0 Å². The summed E-state index contributed by atoms with van der Waals surface area (Å²) in [5.74, 6) is 4.47. The van der Waals surface area contributed by atoms with Crippen molar-refractivity contribution in [3.05, 3.63) is 0 Å². The van der Waals surface area contributed by atoms with Gasteiger partial charge in [0, 0.05) is 0 Å². The van der Waals surface area contributed by atoms with Crippen LogP contribution in [0.15, 0.2) is 0 Å². The van der Waals surface area contributed by atoms with E-state index in [4.69, 9.17) is 0 Å². The Balaban J connectivity index is 1.22. The van der Waals surface area contributed by atoms with Crippen LogP contribution in [-0.4, -0.2) is 0 Å². The molecule has 27 heavy (non-hydrogen) atoms. The van der Waals surface area contributed by atoms with Gasteiger partial charge in [-0.2, -0.15) is 0 Å². The summed E-state index contributed by atoms with van der Waals surface area (Å²) in [6, 6.07) is 0. The zero-order valence-corrected chi connectivity index (χ0v) is 19.2. The Labute approximate surface area is 172 Å². The molecule has 0 aromatic carbocycles. The van der Waals surface area contributed by atoms with Crippen molar-refractivity contribution in [2.24, 2.45) is 23.7 Å². The van der Waals surface area contributed by atoms with E-state index in [1.165, 1.54) is 116 Å². The molecule has 4 unspecified atom stereocenters. The topological polar surface area (TPSA) is 0 Å². The molecule has 0 aliphatic heterocycles. The Morgan fingerprint density at radius 2 is 0.778 bits per heavy atom. The first-order chi connectivity index (χ1) is 13.3. The van der Waals surface area contributed by atoms with Gasteiger partial charge in [0.15, 0.2) is 0 Å². The fourth-order valence-corrected chi connectivity index (χ4v) is 5.23. The summed E-state index contributed by atoms with van der Waals surface area (Å²) in [5.41, 5.74) is 0. The Morgan fingerprint density at radius 1 is 0.444 bits per heavy atom. The van der Waals surface area contributed by atoms with Crippen molar-refractivity contribution >= 4 is 0 Å². The van der Waals surface area contributed by atoms with E-state index in [1.807, 2.05) is 0 Å². The summed E-state index contributed by atoms with van der Waals surface area (Å²) in [5, 5.41) is 0. The minimum Gasteiger partial charge on any atom is -0.0654 e. The third-order valence-electron chi connectivity index (χ3n) is 7.67. The van der Waals surface area contributed by atoms with Gasteiger partial charge in [-0.3, -0.25) is 0 Å². The Hall–Kier alpha value is 0. The Morgan fingerprint density at radius 3 is 1.15 bits per heavy atom. The zero-order chi connectivity index (χ0) is 19.2. The molecule has 0 heteroatoms. The van der Waals surface area contributed by atoms with Crippen molar-refractivity contribution in [2.45, 2.75) is 149 Å². The van der Waals surface area contributed by atoms with Crippen molar-refractivity contribution in [2.75, 3.05) is 0 Å². The highest BCUT2D eigenvalue weighted by atomic mass is 14.4. The summed E-state index contributed by atoms with van der Waals surface area (Å²) in [7, 11) is 0. The molecular formula is C27H52. The molecule has 4 atom stereocenters. The first kappa shape index (κ1) is 23.3. The van der Waals surface area contributed by atoms with Crippen molar-refractivity contribution in [3.8, 4) is 0 Å². The van der Waals surface area contributed by atoms with Crippen LogP contribution in [0.2, 0.25) is 0 Å². The molecule has 0 nitrogen and oxygen atoms in total. The summed E-state index contributed by atoms with van der Waals surface area (Å²) in [6.07, 6.45) is 31.6. The van der Waals surface area contributed by atoms with Crippen LogP contribution in [-0.2, 0) is 0 Å². The van der Waals surface area contributed by atoms with Gasteiger partial charge in [0.05, 0.1) is 0 Å². The van der Waals surface area contributed by atoms with Gasteiger partial charge in [-0.25, -0.2) is 0 Å². The largest absolute Gasteiger partial charge is 0.0654 e. The van der Waals surface area contributed by atoms with Gasteiger partial charge < -0.3 is 0 Å². The monoisotopic (exact) mass is 376 g/mol. The standard InChI is InChI=1S/C27H52/c1-3-4-5-6-7-8-9-10-11-12-13-17-20-26-23-27(26)21-18-15-14-16-19-25-22-24(25)2/h24-27H,3-23H2,1-2H3. The van der Waals surface area contributed by atoms with Crippen LogP contribution in [0, 0.1) is 23.7 Å². The maximum absolute atomic E-state index is 2.42. The molecule has 0 aromatic rings. The molecule has 0 radical (unpaired) electrons. The number of rotatable bonds is 20. The molecule has 0 heterocycles. The average Bonchev–Trinajstić information content (AvgIpc) is 3.57. The fourth-order valence-electron chi connectivity index (χ4n) is 5.23. The molecule has 2 rings (SSSR count). The van der Waals surface area contributed by atoms with E-state index in [1.54, 1.807) is 19.3 Å². The van der Waals surface area contributed by atoms with E-state index in [0.29, 0.717) is 0 Å². The highest BCUT2D eigenvalue weighted by molar-refractivity contribution is 4.86. The predicted octanol–water partition coefficient (Wildman–Crippen LogP) is 9.71. The second-order valence-electron chi connectivity index (χ2n) is 10.4. The van der Waals surface area contributed by atoms with E-state index in [9.17, 15) is 0 Å². The van der Waals surface area contributed by atoms with E-state index in [0.717, 1.165) is 23.7 Å². The van der Waals surface area contributed by atoms with Gasteiger partial charge in [0.2, 0.25) is 0 Å². The Bertz CT molecular complexity index is 333. The second kappa shape index (κ2) is 14.9. The molecule has 0 spiro atoms. The minimum atomic E-state index is 1.07. The van der Waals surface area contributed by atoms with E-state index in [2.05, 4.69) is 13.8 Å². The quantitative estimate of drug-likeness (QED) is 0.185. The van der Waals surface area contributed by atoms with Crippen LogP contribution in [0.5, 0.6) is 0 Å². The normalized spacial score (nSPS) is 26.4. The molecule has 2 saturated carbocycles. The van der Waals surface area contributed by atoms with Crippen LogP contribution in [0.3, 0.4) is 0 Å². The highest BCUT2D eigenvalue weighted by Gasteiger charge is 2.35. The molecule has 0 aromatic heterocycles. The van der Waals surface area contributed by atoms with Crippen LogP contribution < -0.4 is 0 Å². The molecule has 0 saturated heterocycles. The van der Waals surface area contributed by atoms with Gasteiger partial charge in [-0.1, -0.05) is 136 Å². The van der Waals surface area contributed by atoms with Gasteiger partial charge in [-0.05, 0) is 36.5 Å². The van der Waals surface area contributed by atoms with Gasteiger partial charge in [-0.15, -0.1) is 0 Å². The van der Waals surface area contributed by atoms with Crippen molar-refractivity contribution < 1.29 is 0 Å². The fraction of sp³-hybridized carbons (Fsp3) is 1.00. The maximum Gasteiger partial charge on any atom is -0.0383 e. The minimum absolute atomic E-state index is 1.07. The van der Waals surface area contributed by atoms with Crippen molar-refractivity contribution in [3.63, 3.8) is 0 Å². The smallest absolute Gasteiger partial charge is 0.0383 e. The predicted molar refractivity (Wildman–Crippen MR) is 122 cm³/mol. The zero-order valence-electron chi connectivity index (χ0n) is 19.2. The van der Waals surface area contributed by atoms with Crippen molar-refractivity contribution in [1.29, 1.82) is 0 Å². The molecule has 2 fully saturated rings. The summed E-state index contributed by atoms with van der Waals surface area (Å²) < 4.78 is 0. The van der Waals surface area contributed by atoms with Gasteiger partial charge in [0.25, 0.3) is 0 Å². The van der Waals surface area contributed by atoms with E-state index < -0.39 is 0 Å². The lowest BCUT2D eigenvalue weighted by atomic mass is 10.0. The average molecular weight is 377 g/mol. The lowest BCUT2D eigenvalue weighted by Gasteiger charge is -2.04. The molecular weight excluding hydrogens is 324 g/mol. The highest BCUT2D eigenvalue weighted by Crippen LogP contribution is 2.46. The third-order valence-corrected chi connectivity index (χ3v) is 7.67. The van der Waals surface area contributed by atoms with Crippen LogP contribution in [0.4, 0.5) is 0 Å². The van der Waals surface area contributed by atoms with Gasteiger partial charge in [0.1, 0.15) is 0 Å². The number of unbranched alkanes of at least 4 members (excludes halogenated alkanes) is 14. The lowest BCUT2D eigenvalue weighted by Crippen LogP contribution is -1.87. The molecule has 2 aliphatic carbocycles.